The molecule has 2 heterocycles. The van der Waals surface area contributed by atoms with Crippen molar-refractivity contribution in [3.05, 3.63) is 23.8 Å². The molecule has 2 aliphatic heterocycles. The van der Waals surface area contributed by atoms with Crippen molar-refractivity contribution in [3.8, 4) is 11.5 Å². The fraction of sp³-hybridized carbons (Fsp3) is 0.650. The van der Waals surface area contributed by atoms with E-state index in [-0.39, 0.29) is 5.91 Å². The Morgan fingerprint density at radius 3 is 2.44 bits per heavy atom. The van der Waals surface area contributed by atoms with E-state index in [2.05, 4.69) is 33.7 Å². The van der Waals surface area contributed by atoms with Crippen LogP contribution in [0.2, 0.25) is 0 Å². The molecule has 5 nitrogen and oxygen atoms in total. The lowest BCUT2D eigenvalue weighted by Crippen LogP contribution is -2.47. The Bertz CT molecular complexity index is 599. The van der Waals surface area contributed by atoms with Gasteiger partial charge in [-0.25, -0.2) is 0 Å². The Morgan fingerprint density at radius 2 is 1.81 bits per heavy atom. The van der Waals surface area contributed by atoms with Gasteiger partial charge in [-0.05, 0) is 37.4 Å². The molecule has 1 amide bonds. The number of amides is 1. The Hall–Kier alpha value is -1.05. The van der Waals surface area contributed by atoms with Gasteiger partial charge >= 0.3 is 0 Å². The SMILES string of the molecule is COc1cc(OC)cc(C(=O)NC[C@H]2CCCN(C3CSCCSC3)C2)c1. The van der Waals surface area contributed by atoms with E-state index in [1.807, 2.05) is 0 Å². The van der Waals surface area contributed by atoms with Gasteiger partial charge in [0.2, 0.25) is 0 Å². The van der Waals surface area contributed by atoms with Crippen LogP contribution < -0.4 is 14.8 Å². The minimum absolute atomic E-state index is 0.0649. The average Bonchev–Trinajstić information content (AvgIpc) is 3.01. The Labute approximate surface area is 170 Å². The zero-order valence-corrected chi connectivity index (χ0v) is 17.9. The van der Waals surface area contributed by atoms with Crippen LogP contribution in [0.5, 0.6) is 11.5 Å². The summed E-state index contributed by atoms with van der Waals surface area (Å²) in [5.74, 6) is 6.76. The number of ether oxygens (including phenoxy) is 2. The fourth-order valence-corrected chi connectivity index (χ4v) is 6.32. The van der Waals surface area contributed by atoms with E-state index in [9.17, 15) is 4.79 Å². The number of hydrogen-bond acceptors (Lipinski definition) is 6. The van der Waals surface area contributed by atoms with Gasteiger partial charge in [-0.3, -0.25) is 9.69 Å². The van der Waals surface area contributed by atoms with Crippen LogP contribution in [0.15, 0.2) is 18.2 Å². The van der Waals surface area contributed by atoms with Crippen LogP contribution in [0.25, 0.3) is 0 Å². The van der Waals surface area contributed by atoms with E-state index in [0.29, 0.717) is 29.0 Å². The summed E-state index contributed by atoms with van der Waals surface area (Å²) in [5, 5.41) is 3.12. The molecule has 0 radical (unpaired) electrons. The summed E-state index contributed by atoms with van der Waals surface area (Å²) in [6.07, 6.45) is 2.41. The summed E-state index contributed by atoms with van der Waals surface area (Å²) in [4.78, 5) is 15.3. The quantitative estimate of drug-likeness (QED) is 0.778. The van der Waals surface area contributed by atoms with Crippen molar-refractivity contribution in [1.82, 2.24) is 10.2 Å². The second kappa shape index (κ2) is 10.5. The largest absolute Gasteiger partial charge is 0.497 e. The van der Waals surface area contributed by atoms with Gasteiger partial charge in [0.1, 0.15) is 11.5 Å². The van der Waals surface area contributed by atoms with Crippen molar-refractivity contribution in [1.29, 1.82) is 0 Å². The lowest BCUT2D eigenvalue weighted by atomic mass is 9.97. The standard InChI is InChI=1S/C20H30N2O3S2/c1-24-18-8-16(9-19(10-18)25-2)20(23)21-11-15-4-3-5-22(12-15)17-13-26-6-7-27-14-17/h8-10,15,17H,3-7,11-14H2,1-2H3,(H,21,23)/t15-/m1/s1. The minimum atomic E-state index is -0.0649. The third-order valence-electron chi connectivity index (χ3n) is 5.22. The van der Waals surface area contributed by atoms with E-state index < -0.39 is 0 Å². The molecule has 0 spiro atoms. The number of methoxy groups -OCH3 is 2. The Balaban J connectivity index is 1.53. The van der Waals surface area contributed by atoms with Gasteiger partial charge in [-0.1, -0.05) is 0 Å². The number of likely N-dealkylation sites (tertiary alicyclic amines) is 1. The lowest BCUT2D eigenvalue weighted by Gasteiger charge is -2.37. The molecule has 2 saturated heterocycles. The maximum Gasteiger partial charge on any atom is 0.251 e. The number of thioether (sulfide) groups is 2. The molecule has 1 N–H and O–H groups in total. The third kappa shape index (κ3) is 5.96. The van der Waals surface area contributed by atoms with Crippen molar-refractivity contribution in [3.63, 3.8) is 0 Å². The zero-order valence-electron chi connectivity index (χ0n) is 16.2. The van der Waals surface area contributed by atoms with Crippen LogP contribution >= 0.6 is 23.5 Å². The molecule has 150 valence electrons. The third-order valence-corrected chi connectivity index (χ3v) is 7.71. The molecule has 2 fully saturated rings. The summed E-state index contributed by atoms with van der Waals surface area (Å²) >= 11 is 4.17. The van der Waals surface area contributed by atoms with Gasteiger partial charge in [0.15, 0.2) is 0 Å². The van der Waals surface area contributed by atoms with Crippen LogP contribution in [-0.2, 0) is 0 Å². The molecular weight excluding hydrogens is 380 g/mol. The van der Waals surface area contributed by atoms with E-state index >= 15 is 0 Å². The molecule has 0 aromatic heterocycles. The van der Waals surface area contributed by atoms with Gasteiger partial charge < -0.3 is 14.8 Å². The molecule has 0 saturated carbocycles. The molecule has 1 atom stereocenters. The summed E-state index contributed by atoms with van der Waals surface area (Å²) in [6, 6.07) is 5.97. The second-order valence-corrected chi connectivity index (χ2v) is 9.42. The molecule has 1 aromatic carbocycles. The van der Waals surface area contributed by atoms with E-state index in [1.165, 1.54) is 42.4 Å². The first kappa shape index (κ1) is 20.7. The monoisotopic (exact) mass is 410 g/mol. The highest BCUT2D eigenvalue weighted by molar-refractivity contribution is 8.03. The van der Waals surface area contributed by atoms with Crippen LogP contribution in [0, 0.1) is 5.92 Å². The Morgan fingerprint density at radius 1 is 1.15 bits per heavy atom. The first-order valence-electron chi connectivity index (χ1n) is 9.60. The predicted molar refractivity (Wildman–Crippen MR) is 115 cm³/mol. The molecule has 7 heteroatoms. The number of rotatable bonds is 6. The molecular formula is C20H30N2O3S2. The summed E-state index contributed by atoms with van der Waals surface area (Å²) < 4.78 is 10.5. The maximum absolute atomic E-state index is 12.6. The van der Waals surface area contributed by atoms with Gasteiger partial charge in [0, 0.05) is 53.8 Å². The van der Waals surface area contributed by atoms with Crippen molar-refractivity contribution in [2.24, 2.45) is 5.92 Å². The molecule has 27 heavy (non-hydrogen) atoms. The van der Waals surface area contributed by atoms with Gasteiger partial charge in [0.05, 0.1) is 14.2 Å². The molecule has 0 aliphatic carbocycles. The fourth-order valence-electron chi connectivity index (χ4n) is 3.69. The van der Waals surface area contributed by atoms with Crippen molar-refractivity contribution < 1.29 is 14.3 Å². The highest BCUT2D eigenvalue weighted by Gasteiger charge is 2.27. The molecule has 0 bridgehead atoms. The number of hydrogen-bond donors (Lipinski definition) is 1. The Kier molecular flexibility index (Phi) is 8.03. The smallest absolute Gasteiger partial charge is 0.251 e. The van der Waals surface area contributed by atoms with Crippen LogP contribution in [0.4, 0.5) is 0 Å². The first-order valence-corrected chi connectivity index (χ1v) is 11.9. The van der Waals surface area contributed by atoms with Crippen LogP contribution in [-0.4, -0.2) is 73.7 Å². The topological polar surface area (TPSA) is 50.8 Å². The number of carbonyl (C=O) groups excluding carboxylic acids is 1. The molecule has 3 rings (SSSR count). The predicted octanol–water partition coefficient (Wildman–Crippen LogP) is 2.99. The number of nitrogens with zero attached hydrogens (tertiary/aromatic N) is 1. The lowest BCUT2D eigenvalue weighted by molar-refractivity contribution is 0.0923. The van der Waals surface area contributed by atoms with Crippen molar-refractivity contribution in [2.75, 3.05) is 56.9 Å². The van der Waals surface area contributed by atoms with Crippen molar-refractivity contribution in [2.45, 2.75) is 18.9 Å². The number of nitrogens with one attached hydrogen (secondary N) is 1. The normalized spacial score (nSPS) is 22.1. The highest BCUT2D eigenvalue weighted by atomic mass is 32.2. The second-order valence-electron chi connectivity index (χ2n) is 7.12. The minimum Gasteiger partial charge on any atom is -0.497 e. The number of benzene rings is 1. The highest BCUT2D eigenvalue weighted by Crippen LogP contribution is 2.26. The van der Waals surface area contributed by atoms with Gasteiger partial charge in [-0.15, -0.1) is 0 Å². The van der Waals surface area contributed by atoms with E-state index in [1.54, 1.807) is 32.4 Å². The molecule has 2 aliphatic rings. The van der Waals surface area contributed by atoms with E-state index in [4.69, 9.17) is 9.47 Å². The van der Waals surface area contributed by atoms with Crippen molar-refractivity contribution >= 4 is 29.4 Å². The first-order chi connectivity index (χ1) is 13.2. The van der Waals surface area contributed by atoms with Crippen LogP contribution in [0.3, 0.4) is 0 Å². The summed E-state index contributed by atoms with van der Waals surface area (Å²) in [6.45, 7) is 3.01. The molecule has 0 unspecified atom stereocenters. The average molecular weight is 411 g/mol. The van der Waals surface area contributed by atoms with E-state index in [0.717, 1.165) is 13.1 Å². The summed E-state index contributed by atoms with van der Waals surface area (Å²) in [5.41, 5.74) is 0.579. The number of piperidine rings is 1. The molecule has 1 aromatic rings. The number of carbonyl (C=O) groups is 1. The summed E-state index contributed by atoms with van der Waals surface area (Å²) in [7, 11) is 3.19. The van der Waals surface area contributed by atoms with Gasteiger partial charge in [-0.2, -0.15) is 23.5 Å². The van der Waals surface area contributed by atoms with Crippen LogP contribution in [0.1, 0.15) is 23.2 Å². The maximum atomic E-state index is 12.6. The van der Waals surface area contributed by atoms with Gasteiger partial charge in [0.25, 0.3) is 5.91 Å². The zero-order chi connectivity index (χ0) is 19.1.